The number of rotatable bonds is 55. The van der Waals surface area contributed by atoms with Crippen LogP contribution in [0.15, 0.2) is 134 Å². The van der Waals surface area contributed by atoms with Gasteiger partial charge in [-0.15, -0.1) is 0 Å². The topological polar surface area (TPSA) is 78.9 Å². The third kappa shape index (κ3) is 60.4. The summed E-state index contributed by atoms with van der Waals surface area (Å²) in [5.41, 5.74) is 0. The quantitative estimate of drug-likeness (QED) is 0.0261. The number of hydrogen-bond acceptors (Lipinski definition) is 6. The summed E-state index contributed by atoms with van der Waals surface area (Å²) in [5, 5.41) is 0. The third-order valence-electron chi connectivity index (χ3n) is 12.9. The van der Waals surface area contributed by atoms with Gasteiger partial charge in [0, 0.05) is 19.3 Å². The molecule has 0 aliphatic rings. The van der Waals surface area contributed by atoms with Crippen molar-refractivity contribution in [3.8, 4) is 0 Å². The Morgan fingerprint density at radius 2 is 0.513 bits per heavy atom. The molecule has 0 amide bonds. The SMILES string of the molecule is CC/C=C\C/C=C\C/C=C\C/C=C\C/C=C\C/C=C\C/C=C\CCCCCCCCCCCC(=O)OCC(COC(=O)CCCCC/C=C\C/C=C\C/C=C\CC)OC(=O)CCCCCCC/C=C\CCCCCCC. The average Bonchev–Trinajstić information content (AvgIpc) is 3.42. The van der Waals surface area contributed by atoms with Gasteiger partial charge in [-0.3, -0.25) is 14.4 Å². The molecule has 0 aromatic rings. The van der Waals surface area contributed by atoms with Crippen LogP contribution in [-0.2, 0) is 28.6 Å². The van der Waals surface area contributed by atoms with Gasteiger partial charge in [0.05, 0.1) is 0 Å². The van der Waals surface area contributed by atoms with E-state index >= 15 is 0 Å². The van der Waals surface area contributed by atoms with E-state index in [1.807, 2.05) is 0 Å². The molecule has 0 aliphatic carbocycles. The van der Waals surface area contributed by atoms with E-state index in [0.29, 0.717) is 19.3 Å². The summed E-state index contributed by atoms with van der Waals surface area (Å²) in [6.07, 6.45) is 88.9. The highest BCUT2D eigenvalue weighted by atomic mass is 16.6. The van der Waals surface area contributed by atoms with Crippen LogP contribution in [0, 0.1) is 0 Å². The van der Waals surface area contributed by atoms with Gasteiger partial charge in [0.15, 0.2) is 6.10 Å². The van der Waals surface area contributed by atoms with Crippen molar-refractivity contribution in [3.05, 3.63) is 134 Å². The first-order valence-corrected chi connectivity index (χ1v) is 31.2. The van der Waals surface area contributed by atoms with Crippen LogP contribution in [0.1, 0.15) is 271 Å². The molecule has 76 heavy (non-hydrogen) atoms. The van der Waals surface area contributed by atoms with E-state index in [4.69, 9.17) is 14.2 Å². The number of unbranched alkanes of at least 4 members (excludes halogenated alkanes) is 22. The zero-order valence-corrected chi connectivity index (χ0v) is 49.2. The van der Waals surface area contributed by atoms with Crippen LogP contribution in [0.3, 0.4) is 0 Å². The number of esters is 3. The highest BCUT2D eigenvalue weighted by Gasteiger charge is 2.19. The number of allylic oxidation sites excluding steroid dienone is 22. The lowest BCUT2D eigenvalue weighted by Crippen LogP contribution is -2.30. The fourth-order valence-electron chi connectivity index (χ4n) is 8.25. The van der Waals surface area contributed by atoms with E-state index < -0.39 is 6.10 Å². The van der Waals surface area contributed by atoms with Crippen LogP contribution in [0.25, 0.3) is 0 Å². The molecule has 0 heterocycles. The smallest absolute Gasteiger partial charge is 0.306 e. The van der Waals surface area contributed by atoms with Gasteiger partial charge >= 0.3 is 17.9 Å². The van der Waals surface area contributed by atoms with Gasteiger partial charge in [0.2, 0.25) is 0 Å². The van der Waals surface area contributed by atoms with Crippen molar-refractivity contribution in [1.82, 2.24) is 0 Å². The first-order valence-electron chi connectivity index (χ1n) is 31.2. The van der Waals surface area contributed by atoms with Crippen molar-refractivity contribution >= 4 is 17.9 Å². The zero-order chi connectivity index (χ0) is 55.0. The maximum absolute atomic E-state index is 12.9. The lowest BCUT2D eigenvalue weighted by molar-refractivity contribution is -0.167. The molecule has 0 aromatic heterocycles. The van der Waals surface area contributed by atoms with Crippen LogP contribution in [0.5, 0.6) is 0 Å². The maximum atomic E-state index is 12.9. The van der Waals surface area contributed by atoms with Crippen LogP contribution in [0.2, 0.25) is 0 Å². The predicted molar refractivity (Wildman–Crippen MR) is 329 cm³/mol. The Morgan fingerprint density at radius 1 is 0.276 bits per heavy atom. The fraction of sp³-hybridized carbons (Fsp3) is 0.643. The van der Waals surface area contributed by atoms with Crippen molar-refractivity contribution in [1.29, 1.82) is 0 Å². The largest absolute Gasteiger partial charge is 0.462 e. The molecule has 0 radical (unpaired) electrons. The van der Waals surface area contributed by atoms with E-state index in [1.165, 1.54) is 83.5 Å². The molecule has 6 nitrogen and oxygen atoms in total. The zero-order valence-electron chi connectivity index (χ0n) is 49.2. The monoisotopic (exact) mass is 1050 g/mol. The van der Waals surface area contributed by atoms with Gasteiger partial charge in [0.1, 0.15) is 13.2 Å². The summed E-state index contributed by atoms with van der Waals surface area (Å²) in [5.74, 6) is -0.942. The van der Waals surface area contributed by atoms with E-state index in [-0.39, 0.29) is 31.1 Å². The van der Waals surface area contributed by atoms with Crippen molar-refractivity contribution < 1.29 is 28.6 Å². The van der Waals surface area contributed by atoms with Crippen molar-refractivity contribution in [2.45, 2.75) is 277 Å². The van der Waals surface area contributed by atoms with Gasteiger partial charge in [-0.1, -0.05) is 251 Å². The first-order chi connectivity index (χ1) is 37.5. The Kier molecular flexibility index (Phi) is 59.4. The minimum Gasteiger partial charge on any atom is -0.462 e. The normalized spacial score (nSPS) is 13.0. The number of carbonyl (C=O) groups excluding carboxylic acids is 3. The molecule has 0 fully saturated rings. The summed E-state index contributed by atoms with van der Waals surface area (Å²) < 4.78 is 16.8. The molecule has 6 heteroatoms. The van der Waals surface area contributed by atoms with Gasteiger partial charge in [-0.2, -0.15) is 0 Å². The maximum Gasteiger partial charge on any atom is 0.306 e. The van der Waals surface area contributed by atoms with Crippen molar-refractivity contribution in [2.75, 3.05) is 13.2 Å². The standard InChI is InChI=1S/C70H114O6/c1-4-7-10-13-16-19-22-25-27-28-29-30-31-32-33-34-35-36-37-38-39-40-41-42-43-46-48-51-54-57-60-63-69(72)75-66-67(65-74-68(71)62-59-56-53-50-47-44-24-21-18-15-12-9-6-3)76-70(73)64-61-58-55-52-49-45-26-23-20-17-14-11-8-5-2/h7,9-10,12,16,18-19,21,23,25-27,29-30,32-33,35-36,38-39,44,47,67H,4-6,8,11,13-15,17,20,22,24,28,31,34,37,40-43,45-46,48-66H2,1-3H3/b10-7-,12-9-,19-16-,21-18-,26-23-,27-25-,30-29-,33-32-,36-35-,39-38-,47-44-. The van der Waals surface area contributed by atoms with Gasteiger partial charge in [-0.25, -0.2) is 0 Å². The molecule has 1 unspecified atom stereocenters. The van der Waals surface area contributed by atoms with Crippen molar-refractivity contribution in [3.63, 3.8) is 0 Å². The second-order valence-corrected chi connectivity index (χ2v) is 20.2. The van der Waals surface area contributed by atoms with Gasteiger partial charge in [-0.05, 0) is 135 Å². The Labute approximate surface area is 468 Å². The number of hydrogen-bond donors (Lipinski definition) is 0. The number of carbonyl (C=O) groups is 3. The highest BCUT2D eigenvalue weighted by molar-refractivity contribution is 5.71. The second kappa shape index (κ2) is 63.1. The predicted octanol–water partition coefficient (Wildman–Crippen LogP) is 21.4. The summed E-state index contributed by atoms with van der Waals surface area (Å²) in [4.78, 5) is 38.2. The first kappa shape index (κ1) is 71.5. The molecule has 0 aromatic carbocycles. The third-order valence-corrected chi connectivity index (χ3v) is 12.9. The molecule has 0 saturated heterocycles. The van der Waals surface area contributed by atoms with Crippen LogP contribution >= 0.6 is 0 Å². The minimum absolute atomic E-state index is 0.0969. The van der Waals surface area contributed by atoms with E-state index in [0.717, 1.165) is 148 Å². The van der Waals surface area contributed by atoms with E-state index in [1.54, 1.807) is 0 Å². The summed E-state index contributed by atoms with van der Waals surface area (Å²) in [7, 11) is 0. The van der Waals surface area contributed by atoms with Gasteiger partial charge < -0.3 is 14.2 Å². The lowest BCUT2D eigenvalue weighted by Gasteiger charge is -2.18. The number of ether oxygens (including phenoxy) is 3. The Hall–Kier alpha value is -4.45. The minimum atomic E-state index is -0.801. The highest BCUT2D eigenvalue weighted by Crippen LogP contribution is 2.15. The molecular weight excluding hydrogens is 937 g/mol. The van der Waals surface area contributed by atoms with Crippen molar-refractivity contribution in [2.24, 2.45) is 0 Å². The molecule has 1 atom stereocenters. The summed E-state index contributed by atoms with van der Waals surface area (Å²) in [6, 6.07) is 0. The molecule has 0 spiro atoms. The Balaban J connectivity index is 4.29. The molecular formula is C70H114O6. The average molecular weight is 1050 g/mol. The molecule has 430 valence electrons. The molecule has 0 rings (SSSR count). The van der Waals surface area contributed by atoms with E-state index in [9.17, 15) is 14.4 Å². The second-order valence-electron chi connectivity index (χ2n) is 20.2. The van der Waals surface area contributed by atoms with Crippen LogP contribution in [0.4, 0.5) is 0 Å². The van der Waals surface area contributed by atoms with Crippen LogP contribution < -0.4 is 0 Å². The summed E-state index contributed by atoms with van der Waals surface area (Å²) in [6.45, 7) is 6.36. The fourth-order valence-corrected chi connectivity index (χ4v) is 8.25. The Bertz CT molecular complexity index is 1630. The molecule has 0 saturated carbocycles. The summed E-state index contributed by atoms with van der Waals surface area (Å²) >= 11 is 0. The lowest BCUT2D eigenvalue weighted by atomic mass is 10.1. The van der Waals surface area contributed by atoms with Gasteiger partial charge in [0.25, 0.3) is 0 Å². The van der Waals surface area contributed by atoms with Crippen LogP contribution in [-0.4, -0.2) is 37.2 Å². The molecule has 0 N–H and O–H groups in total. The Morgan fingerprint density at radius 3 is 0.829 bits per heavy atom. The molecule has 0 bridgehead atoms. The van der Waals surface area contributed by atoms with E-state index in [2.05, 4.69) is 154 Å². The molecule has 0 aliphatic heterocycles.